The van der Waals surface area contributed by atoms with Crippen LogP contribution in [-0.2, 0) is 0 Å². The Kier molecular flexibility index (Phi) is 5.57. The molecule has 3 aromatic carbocycles. The summed E-state index contributed by atoms with van der Waals surface area (Å²) in [6.07, 6.45) is 0. The minimum Gasteiger partial charge on any atom is -0.497 e. The Bertz CT molecular complexity index is 1230. The molecule has 0 saturated carbocycles. The molecule has 0 saturated heterocycles. The van der Waals surface area contributed by atoms with Gasteiger partial charge in [-0.15, -0.1) is 0 Å². The number of ether oxygens (including phenoxy) is 2. The first-order valence-electron chi connectivity index (χ1n) is 9.51. The van der Waals surface area contributed by atoms with Gasteiger partial charge in [-0.1, -0.05) is 30.3 Å². The summed E-state index contributed by atoms with van der Waals surface area (Å²) in [5, 5.41) is 6.21. The number of furan rings is 1. The van der Waals surface area contributed by atoms with Crippen LogP contribution in [0.25, 0.3) is 11.0 Å². The smallest absolute Gasteiger partial charge is 0.293 e. The van der Waals surface area contributed by atoms with Gasteiger partial charge in [0.1, 0.15) is 22.8 Å². The maximum Gasteiger partial charge on any atom is 0.293 e. The molecular weight excluding hydrogens is 396 g/mol. The second-order valence-electron chi connectivity index (χ2n) is 6.68. The Morgan fingerprint density at radius 2 is 1.42 bits per heavy atom. The molecule has 0 aliphatic heterocycles. The third-order valence-corrected chi connectivity index (χ3v) is 4.69. The number of rotatable bonds is 6. The number of carbonyl (C=O) groups is 2. The largest absolute Gasteiger partial charge is 0.497 e. The second kappa shape index (κ2) is 8.62. The van der Waals surface area contributed by atoms with Crippen LogP contribution in [0, 0.1) is 0 Å². The quantitative estimate of drug-likeness (QED) is 0.464. The molecule has 0 fully saturated rings. The molecule has 0 atom stereocenters. The molecule has 7 nitrogen and oxygen atoms in total. The Balaban J connectivity index is 1.71. The molecule has 4 rings (SSSR count). The van der Waals surface area contributed by atoms with E-state index in [0.29, 0.717) is 33.7 Å². The first-order valence-corrected chi connectivity index (χ1v) is 9.51. The van der Waals surface area contributed by atoms with Crippen LogP contribution in [0.3, 0.4) is 0 Å². The number of amides is 2. The van der Waals surface area contributed by atoms with Crippen molar-refractivity contribution in [3.8, 4) is 11.5 Å². The maximum atomic E-state index is 13.0. The fourth-order valence-electron chi connectivity index (χ4n) is 3.16. The average Bonchev–Trinajstić information content (AvgIpc) is 3.17. The van der Waals surface area contributed by atoms with Crippen LogP contribution < -0.4 is 20.1 Å². The monoisotopic (exact) mass is 416 g/mol. The number of hydrogen-bond donors (Lipinski definition) is 2. The van der Waals surface area contributed by atoms with Gasteiger partial charge in [0.05, 0.1) is 14.2 Å². The zero-order chi connectivity index (χ0) is 21.8. The van der Waals surface area contributed by atoms with E-state index in [0.717, 1.165) is 0 Å². The minimum atomic E-state index is -0.471. The Morgan fingerprint density at radius 1 is 0.774 bits per heavy atom. The van der Waals surface area contributed by atoms with E-state index in [-0.39, 0.29) is 11.4 Å². The molecule has 0 bridgehead atoms. The van der Waals surface area contributed by atoms with Gasteiger partial charge in [0, 0.05) is 22.7 Å². The van der Waals surface area contributed by atoms with E-state index in [4.69, 9.17) is 13.9 Å². The van der Waals surface area contributed by atoms with Gasteiger partial charge < -0.3 is 24.5 Å². The fourth-order valence-corrected chi connectivity index (χ4v) is 3.16. The van der Waals surface area contributed by atoms with Crippen LogP contribution in [0.5, 0.6) is 11.5 Å². The van der Waals surface area contributed by atoms with Gasteiger partial charge in [0.15, 0.2) is 0 Å². The lowest BCUT2D eigenvalue weighted by Gasteiger charge is -2.10. The highest BCUT2D eigenvalue weighted by molar-refractivity contribution is 6.17. The van der Waals surface area contributed by atoms with Crippen LogP contribution in [0.2, 0.25) is 0 Å². The molecule has 2 N–H and O–H groups in total. The summed E-state index contributed by atoms with van der Waals surface area (Å²) in [5.41, 5.74) is 1.70. The Hall–Kier alpha value is -4.26. The van der Waals surface area contributed by atoms with Gasteiger partial charge in [-0.3, -0.25) is 9.59 Å². The third kappa shape index (κ3) is 4.20. The normalized spacial score (nSPS) is 10.5. The topological polar surface area (TPSA) is 89.8 Å². The minimum absolute atomic E-state index is 0.00765. The van der Waals surface area contributed by atoms with Crippen molar-refractivity contribution in [2.24, 2.45) is 0 Å². The SMILES string of the molecule is COc1cc(OC)cc(C(=O)Nc2c(C(=O)Nc3ccccc3)oc3ccccc23)c1. The van der Waals surface area contributed by atoms with E-state index in [1.54, 1.807) is 54.6 Å². The van der Waals surface area contributed by atoms with Crippen molar-refractivity contribution < 1.29 is 23.5 Å². The second-order valence-corrected chi connectivity index (χ2v) is 6.68. The molecule has 0 aliphatic carbocycles. The number of methoxy groups -OCH3 is 2. The number of anilines is 2. The predicted molar refractivity (Wildman–Crippen MR) is 118 cm³/mol. The van der Waals surface area contributed by atoms with Gasteiger partial charge in [0.2, 0.25) is 5.76 Å². The lowest BCUT2D eigenvalue weighted by molar-refractivity contribution is 0.0999. The number of hydrogen-bond acceptors (Lipinski definition) is 5. The Morgan fingerprint density at radius 3 is 2.10 bits per heavy atom. The van der Waals surface area contributed by atoms with E-state index >= 15 is 0 Å². The summed E-state index contributed by atoms with van der Waals surface area (Å²) >= 11 is 0. The van der Waals surface area contributed by atoms with E-state index < -0.39 is 11.8 Å². The number of nitrogens with one attached hydrogen (secondary N) is 2. The number of para-hydroxylation sites is 2. The van der Waals surface area contributed by atoms with Gasteiger partial charge in [-0.2, -0.15) is 0 Å². The lowest BCUT2D eigenvalue weighted by atomic mass is 10.1. The molecule has 0 aliphatic rings. The van der Waals surface area contributed by atoms with Gasteiger partial charge >= 0.3 is 0 Å². The molecule has 156 valence electrons. The van der Waals surface area contributed by atoms with Crippen LogP contribution in [0.4, 0.5) is 11.4 Å². The van der Waals surface area contributed by atoms with Gasteiger partial charge in [-0.25, -0.2) is 0 Å². The molecule has 31 heavy (non-hydrogen) atoms. The van der Waals surface area contributed by atoms with E-state index in [1.807, 2.05) is 18.2 Å². The summed E-state index contributed by atoms with van der Waals surface area (Å²) < 4.78 is 16.3. The van der Waals surface area contributed by atoms with E-state index in [9.17, 15) is 9.59 Å². The standard InChI is InChI=1S/C24H20N2O5/c1-29-17-12-15(13-18(14-17)30-2)23(27)26-21-19-10-6-7-11-20(19)31-22(21)24(28)25-16-8-4-3-5-9-16/h3-14H,1-2H3,(H,25,28)(H,26,27). The molecule has 0 radical (unpaired) electrons. The molecule has 0 unspecified atom stereocenters. The average molecular weight is 416 g/mol. The first-order chi connectivity index (χ1) is 15.1. The van der Waals surface area contributed by atoms with Gasteiger partial charge in [-0.05, 0) is 36.4 Å². The van der Waals surface area contributed by atoms with Crippen LogP contribution >= 0.6 is 0 Å². The highest BCUT2D eigenvalue weighted by atomic mass is 16.5. The molecule has 2 amide bonds. The number of carbonyl (C=O) groups excluding carboxylic acids is 2. The van der Waals surface area contributed by atoms with Crippen molar-refractivity contribution in [1.29, 1.82) is 0 Å². The summed E-state index contributed by atoms with van der Waals surface area (Å²) in [5.74, 6) is 0.0545. The highest BCUT2D eigenvalue weighted by Crippen LogP contribution is 2.32. The molecule has 0 spiro atoms. The summed E-state index contributed by atoms with van der Waals surface area (Å²) in [4.78, 5) is 26.0. The summed E-state index contributed by atoms with van der Waals surface area (Å²) in [6, 6.07) is 21.0. The Labute approximate surface area is 178 Å². The first kappa shape index (κ1) is 20.0. The zero-order valence-corrected chi connectivity index (χ0v) is 17.0. The molecule has 1 heterocycles. The predicted octanol–water partition coefficient (Wildman–Crippen LogP) is 4.95. The zero-order valence-electron chi connectivity index (χ0n) is 17.0. The molecular formula is C24H20N2O5. The maximum absolute atomic E-state index is 13.0. The van der Waals surface area contributed by atoms with Crippen molar-refractivity contribution in [3.05, 3.63) is 84.1 Å². The lowest BCUT2D eigenvalue weighted by Crippen LogP contribution is -2.17. The highest BCUT2D eigenvalue weighted by Gasteiger charge is 2.23. The van der Waals surface area contributed by atoms with Crippen molar-refractivity contribution in [2.75, 3.05) is 24.9 Å². The van der Waals surface area contributed by atoms with Crippen molar-refractivity contribution in [1.82, 2.24) is 0 Å². The molecule has 1 aromatic heterocycles. The van der Waals surface area contributed by atoms with E-state index in [2.05, 4.69) is 10.6 Å². The summed E-state index contributed by atoms with van der Waals surface area (Å²) in [6.45, 7) is 0. The fraction of sp³-hybridized carbons (Fsp3) is 0.0833. The third-order valence-electron chi connectivity index (χ3n) is 4.69. The van der Waals surface area contributed by atoms with Gasteiger partial charge in [0.25, 0.3) is 11.8 Å². The van der Waals surface area contributed by atoms with Crippen molar-refractivity contribution in [2.45, 2.75) is 0 Å². The molecule has 7 heteroatoms. The van der Waals surface area contributed by atoms with Crippen molar-refractivity contribution >= 4 is 34.2 Å². The van der Waals surface area contributed by atoms with Crippen LogP contribution in [0.1, 0.15) is 20.9 Å². The number of benzene rings is 3. The molecule has 4 aromatic rings. The number of fused-ring (bicyclic) bond motifs is 1. The summed E-state index contributed by atoms with van der Waals surface area (Å²) in [7, 11) is 3.01. The van der Waals surface area contributed by atoms with Crippen LogP contribution in [-0.4, -0.2) is 26.0 Å². The van der Waals surface area contributed by atoms with E-state index in [1.165, 1.54) is 14.2 Å². The van der Waals surface area contributed by atoms with Crippen LogP contribution in [0.15, 0.2) is 77.2 Å². The van der Waals surface area contributed by atoms with Crippen molar-refractivity contribution in [3.63, 3.8) is 0 Å².